The maximum Gasteiger partial charge on any atom is 0.126 e. The van der Waals surface area contributed by atoms with Crippen molar-refractivity contribution in [3.05, 3.63) is 21.3 Å². The molecule has 1 aromatic heterocycles. The summed E-state index contributed by atoms with van der Waals surface area (Å²) in [5.41, 5.74) is 1.16. The topological polar surface area (TPSA) is 17.1 Å². The summed E-state index contributed by atoms with van der Waals surface area (Å²) in [6, 6.07) is 1.97. The van der Waals surface area contributed by atoms with Crippen molar-refractivity contribution in [3.8, 4) is 0 Å². The number of hydrogen-bond acceptors (Lipinski definition) is 2. The third-order valence-electron chi connectivity index (χ3n) is 2.78. The molecule has 1 aliphatic carbocycles. The molecular weight excluding hydrogens is 204 g/mol. The summed E-state index contributed by atoms with van der Waals surface area (Å²) in [5.74, 6) is 0. The number of rotatable bonds is 3. The van der Waals surface area contributed by atoms with Crippen molar-refractivity contribution >= 4 is 29.2 Å². The number of halogens is 1. The molecule has 1 fully saturated rings. The SMILES string of the molecule is O=CC1(Cc2csc(Cl)c2)CCC1. The number of thiophene rings is 1. The van der Waals surface area contributed by atoms with Gasteiger partial charge >= 0.3 is 0 Å². The fourth-order valence-corrected chi connectivity index (χ4v) is 2.72. The summed E-state index contributed by atoms with van der Waals surface area (Å²) in [6.45, 7) is 0. The third kappa shape index (κ3) is 1.79. The average Bonchev–Trinajstić information content (AvgIpc) is 2.44. The molecule has 70 valence electrons. The second-order valence-electron chi connectivity index (χ2n) is 3.77. The minimum absolute atomic E-state index is 0.0512. The van der Waals surface area contributed by atoms with Gasteiger partial charge in [0.1, 0.15) is 6.29 Å². The van der Waals surface area contributed by atoms with E-state index in [1.165, 1.54) is 23.3 Å². The molecule has 0 unspecified atom stereocenters. The maximum absolute atomic E-state index is 10.9. The second kappa shape index (κ2) is 3.43. The van der Waals surface area contributed by atoms with Gasteiger partial charge in [-0.3, -0.25) is 0 Å². The molecule has 0 N–H and O–H groups in total. The number of hydrogen-bond donors (Lipinski definition) is 0. The van der Waals surface area contributed by atoms with E-state index in [4.69, 9.17) is 11.6 Å². The van der Waals surface area contributed by atoms with E-state index >= 15 is 0 Å². The van der Waals surface area contributed by atoms with Crippen LogP contribution in [0.3, 0.4) is 0 Å². The summed E-state index contributed by atoms with van der Waals surface area (Å²) in [4.78, 5) is 10.9. The Morgan fingerprint density at radius 3 is 2.77 bits per heavy atom. The first-order valence-corrected chi connectivity index (χ1v) is 5.69. The van der Waals surface area contributed by atoms with Gasteiger partial charge in [0.25, 0.3) is 0 Å². The average molecular weight is 215 g/mol. The standard InChI is InChI=1S/C10H11ClOS/c11-9-4-8(6-13-9)5-10(7-12)2-1-3-10/h4,6-7H,1-3,5H2. The first kappa shape index (κ1) is 9.22. The second-order valence-corrected chi connectivity index (χ2v) is 5.31. The van der Waals surface area contributed by atoms with Crippen molar-refractivity contribution in [1.82, 2.24) is 0 Å². The highest BCUT2D eigenvalue weighted by Crippen LogP contribution is 2.42. The lowest BCUT2D eigenvalue weighted by Crippen LogP contribution is -2.33. The van der Waals surface area contributed by atoms with Gasteiger partial charge in [0, 0.05) is 5.41 Å². The van der Waals surface area contributed by atoms with E-state index < -0.39 is 0 Å². The quantitative estimate of drug-likeness (QED) is 0.706. The molecule has 0 aromatic carbocycles. The zero-order valence-corrected chi connectivity index (χ0v) is 8.83. The van der Waals surface area contributed by atoms with Crippen molar-refractivity contribution in [3.63, 3.8) is 0 Å². The highest BCUT2D eigenvalue weighted by Gasteiger charge is 2.36. The van der Waals surface area contributed by atoms with Crippen molar-refractivity contribution < 1.29 is 4.79 Å². The van der Waals surface area contributed by atoms with Gasteiger partial charge in [-0.2, -0.15) is 0 Å². The molecule has 2 rings (SSSR count). The lowest BCUT2D eigenvalue weighted by Gasteiger charge is -2.36. The first-order valence-electron chi connectivity index (χ1n) is 4.43. The lowest BCUT2D eigenvalue weighted by atomic mass is 9.67. The Hall–Kier alpha value is -0.340. The van der Waals surface area contributed by atoms with Crippen molar-refractivity contribution in [1.29, 1.82) is 0 Å². The Labute approximate surface area is 86.7 Å². The van der Waals surface area contributed by atoms with Crippen molar-refractivity contribution in [2.24, 2.45) is 5.41 Å². The Balaban J connectivity index is 2.08. The van der Waals surface area contributed by atoms with Gasteiger partial charge in [0.05, 0.1) is 4.34 Å². The molecular formula is C10H11ClOS. The van der Waals surface area contributed by atoms with Crippen LogP contribution < -0.4 is 0 Å². The Bertz CT molecular complexity index is 314. The van der Waals surface area contributed by atoms with Crippen molar-refractivity contribution in [2.45, 2.75) is 25.7 Å². The molecule has 1 saturated carbocycles. The van der Waals surface area contributed by atoms with Gasteiger partial charge < -0.3 is 4.79 Å². The number of carbonyl (C=O) groups is 1. The molecule has 0 saturated heterocycles. The molecule has 0 spiro atoms. The minimum Gasteiger partial charge on any atom is -0.303 e. The van der Waals surface area contributed by atoms with Gasteiger partial charge in [-0.05, 0) is 36.3 Å². The highest BCUT2D eigenvalue weighted by molar-refractivity contribution is 7.14. The molecule has 1 nitrogen and oxygen atoms in total. The summed E-state index contributed by atoms with van der Waals surface area (Å²) in [5, 5.41) is 2.05. The molecule has 3 heteroatoms. The van der Waals surface area contributed by atoms with E-state index in [9.17, 15) is 4.79 Å². The van der Waals surface area contributed by atoms with Crippen molar-refractivity contribution in [2.75, 3.05) is 0 Å². The summed E-state index contributed by atoms with van der Waals surface area (Å²) < 4.78 is 0.815. The molecule has 0 aliphatic heterocycles. The Morgan fingerprint density at radius 2 is 2.38 bits per heavy atom. The molecule has 0 bridgehead atoms. The molecule has 0 amide bonds. The smallest absolute Gasteiger partial charge is 0.126 e. The zero-order chi connectivity index (χ0) is 9.31. The summed E-state index contributed by atoms with van der Waals surface area (Å²) in [7, 11) is 0. The molecule has 13 heavy (non-hydrogen) atoms. The minimum atomic E-state index is -0.0512. The van der Waals surface area contributed by atoms with Gasteiger partial charge in [-0.1, -0.05) is 18.0 Å². The predicted octanol–water partition coefficient (Wildman–Crippen LogP) is 3.31. The van der Waals surface area contributed by atoms with E-state index in [0.29, 0.717) is 0 Å². The van der Waals surface area contributed by atoms with Crippen LogP contribution in [-0.4, -0.2) is 6.29 Å². The zero-order valence-electron chi connectivity index (χ0n) is 7.25. The maximum atomic E-state index is 10.9. The monoisotopic (exact) mass is 214 g/mol. The van der Waals surface area contributed by atoms with Crippen LogP contribution in [0.4, 0.5) is 0 Å². The molecule has 1 aliphatic rings. The summed E-state index contributed by atoms with van der Waals surface area (Å²) >= 11 is 7.36. The lowest BCUT2D eigenvalue weighted by molar-refractivity contribution is -0.120. The highest BCUT2D eigenvalue weighted by atomic mass is 35.5. The predicted molar refractivity (Wildman–Crippen MR) is 55.4 cm³/mol. The first-order chi connectivity index (χ1) is 6.24. The van der Waals surface area contributed by atoms with E-state index in [-0.39, 0.29) is 5.41 Å². The normalized spacial score (nSPS) is 19.5. The van der Waals surface area contributed by atoms with Crippen LogP contribution in [0, 0.1) is 5.41 Å². The van der Waals surface area contributed by atoms with Gasteiger partial charge in [-0.15, -0.1) is 11.3 Å². The third-order valence-corrected chi connectivity index (χ3v) is 3.92. The fourth-order valence-electron chi connectivity index (χ4n) is 1.81. The van der Waals surface area contributed by atoms with E-state index in [2.05, 4.69) is 0 Å². The molecule has 0 radical (unpaired) electrons. The van der Waals surface area contributed by atoms with Gasteiger partial charge in [0.2, 0.25) is 0 Å². The molecule has 1 heterocycles. The van der Waals surface area contributed by atoms with Crippen LogP contribution in [0.25, 0.3) is 0 Å². The van der Waals surface area contributed by atoms with Crippen LogP contribution in [0.5, 0.6) is 0 Å². The number of carbonyl (C=O) groups excluding carboxylic acids is 1. The van der Waals surface area contributed by atoms with Crippen LogP contribution in [0.15, 0.2) is 11.4 Å². The fraction of sp³-hybridized carbons (Fsp3) is 0.500. The van der Waals surface area contributed by atoms with Crippen LogP contribution in [0.1, 0.15) is 24.8 Å². The van der Waals surface area contributed by atoms with E-state index in [0.717, 1.165) is 29.9 Å². The Kier molecular flexibility index (Phi) is 2.43. The summed E-state index contributed by atoms with van der Waals surface area (Å²) in [6.07, 6.45) is 5.28. The molecule has 0 atom stereocenters. The van der Waals surface area contributed by atoms with Crippen LogP contribution >= 0.6 is 22.9 Å². The van der Waals surface area contributed by atoms with Crippen LogP contribution in [-0.2, 0) is 11.2 Å². The largest absolute Gasteiger partial charge is 0.303 e. The molecule has 1 aromatic rings. The van der Waals surface area contributed by atoms with Crippen LogP contribution in [0.2, 0.25) is 4.34 Å². The van der Waals surface area contributed by atoms with E-state index in [1.807, 2.05) is 11.4 Å². The number of aldehydes is 1. The van der Waals surface area contributed by atoms with Gasteiger partial charge in [-0.25, -0.2) is 0 Å². The van der Waals surface area contributed by atoms with Gasteiger partial charge in [0.15, 0.2) is 0 Å². The van der Waals surface area contributed by atoms with E-state index in [1.54, 1.807) is 0 Å². The Morgan fingerprint density at radius 1 is 1.62 bits per heavy atom.